The van der Waals surface area contributed by atoms with Gasteiger partial charge in [-0.15, -0.1) is 0 Å². The van der Waals surface area contributed by atoms with Gasteiger partial charge in [0.05, 0.1) is 20.4 Å². The predicted octanol–water partition coefficient (Wildman–Crippen LogP) is -1.66. The van der Waals surface area contributed by atoms with Crippen molar-refractivity contribution in [3.63, 3.8) is 0 Å². The Hall–Kier alpha value is -0.730. The third-order valence-electron chi connectivity index (χ3n) is 4.49. The number of hydrogen-bond acceptors (Lipinski definition) is 7. The molecule has 7 nitrogen and oxygen atoms in total. The second-order valence-electron chi connectivity index (χ2n) is 5.92. The second kappa shape index (κ2) is 8.05. The number of rotatable bonds is 5. The summed E-state index contributed by atoms with van der Waals surface area (Å²) >= 11 is 0. The first-order chi connectivity index (χ1) is 10.1. The van der Waals surface area contributed by atoms with E-state index in [4.69, 9.17) is 9.84 Å². The third-order valence-corrected chi connectivity index (χ3v) is 4.49. The molecule has 0 aliphatic carbocycles. The molecule has 2 heterocycles. The van der Waals surface area contributed by atoms with E-state index in [0.717, 1.165) is 59.0 Å². The molecule has 0 amide bonds. The van der Waals surface area contributed by atoms with Crippen molar-refractivity contribution < 1.29 is 14.6 Å². The Labute approximate surface area is 127 Å². The predicted molar refractivity (Wildman–Crippen MR) is 80.0 cm³/mol. The third kappa shape index (κ3) is 4.62. The summed E-state index contributed by atoms with van der Waals surface area (Å²) in [6, 6.07) is -0.153. The largest absolute Gasteiger partial charge is 0.468 e. The number of aliphatic hydroxyl groups excluding tert-OH is 1. The van der Waals surface area contributed by atoms with Gasteiger partial charge in [0.15, 0.2) is 0 Å². The number of hydrogen-bond donors (Lipinski definition) is 1. The number of aliphatic hydroxyl groups is 1. The smallest absolute Gasteiger partial charge is 0.324 e. The van der Waals surface area contributed by atoms with Crippen LogP contribution < -0.4 is 0 Å². The summed E-state index contributed by atoms with van der Waals surface area (Å²) in [7, 11) is 3.43. The number of piperazine rings is 2. The fourth-order valence-corrected chi connectivity index (χ4v) is 3.03. The van der Waals surface area contributed by atoms with E-state index >= 15 is 0 Å². The molecular formula is C14H28N4O3. The van der Waals surface area contributed by atoms with E-state index in [9.17, 15) is 4.79 Å². The summed E-state index contributed by atoms with van der Waals surface area (Å²) in [6.45, 7) is 8.60. The molecule has 7 heteroatoms. The molecule has 0 aromatic rings. The first kappa shape index (κ1) is 16.6. The quantitative estimate of drug-likeness (QED) is 0.610. The van der Waals surface area contributed by atoms with Crippen LogP contribution in [-0.2, 0) is 9.53 Å². The number of β-amino-alcohol motifs (C(OH)–C–C–N with tert-alkyl or cyclic N) is 1. The van der Waals surface area contributed by atoms with Crippen LogP contribution in [0, 0.1) is 0 Å². The van der Waals surface area contributed by atoms with Crippen LogP contribution in [0.3, 0.4) is 0 Å². The number of carbonyl (C=O) groups is 1. The van der Waals surface area contributed by atoms with E-state index in [2.05, 4.69) is 19.6 Å². The summed E-state index contributed by atoms with van der Waals surface area (Å²) in [5.41, 5.74) is 0. The molecule has 21 heavy (non-hydrogen) atoms. The average molecular weight is 300 g/mol. The zero-order valence-electron chi connectivity index (χ0n) is 13.2. The minimum absolute atomic E-state index is 0.144. The monoisotopic (exact) mass is 300 g/mol. The van der Waals surface area contributed by atoms with Crippen molar-refractivity contribution in [3.05, 3.63) is 0 Å². The molecule has 2 rings (SSSR count). The van der Waals surface area contributed by atoms with Crippen LogP contribution in [0.15, 0.2) is 0 Å². The van der Waals surface area contributed by atoms with Gasteiger partial charge in [0.2, 0.25) is 0 Å². The van der Waals surface area contributed by atoms with Crippen LogP contribution in [-0.4, -0.2) is 117 Å². The standard InChI is InChI=1S/C14H28N4O3/c1-15-3-4-18(11-13(15)14(20)21-2)12-17-7-5-16(6-8-17)9-10-19/h13,19H,3-12H2,1-2H3. The molecule has 1 N–H and O–H groups in total. The Morgan fingerprint density at radius 3 is 2.33 bits per heavy atom. The Morgan fingerprint density at radius 1 is 1.10 bits per heavy atom. The second-order valence-corrected chi connectivity index (χ2v) is 5.92. The van der Waals surface area contributed by atoms with E-state index in [-0.39, 0.29) is 18.6 Å². The lowest BCUT2D eigenvalue weighted by molar-refractivity contribution is -0.149. The molecule has 0 spiro atoms. The molecule has 2 aliphatic heterocycles. The molecule has 0 aromatic carbocycles. The van der Waals surface area contributed by atoms with Crippen LogP contribution in [0.25, 0.3) is 0 Å². The average Bonchev–Trinajstić information content (AvgIpc) is 2.50. The van der Waals surface area contributed by atoms with E-state index in [1.807, 2.05) is 7.05 Å². The highest BCUT2D eigenvalue weighted by Crippen LogP contribution is 2.11. The van der Waals surface area contributed by atoms with Gasteiger partial charge in [0.25, 0.3) is 0 Å². The number of likely N-dealkylation sites (N-methyl/N-ethyl adjacent to an activating group) is 1. The maximum absolute atomic E-state index is 11.8. The van der Waals surface area contributed by atoms with Crippen LogP contribution in [0.4, 0.5) is 0 Å². The van der Waals surface area contributed by atoms with Crippen LogP contribution in [0.2, 0.25) is 0 Å². The minimum atomic E-state index is -0.153. The van der Waals surface area contributed by atoms with Crippen LogP contribution >= 0.6 is 0 Å². The zero-order chi connectivity index (χ0) is 15.2. The fraction of sp³-hybridized carbons (Fsp3) is 0.929. The minimum Gasteiger partial charge on any atom is -0.468 e. The number of nitrogens with zero attached hydrogens (tertiary/aromatic N) is 4. The Kier molecular flexibility index (Phi) is 6.38. The van der Waals surface area contributed by atoms with Crippen molar-refractivity contribution in [3.8, 4) is 0 Å². The molecule has 0 radical (unpaired) electrons. The fourth-order valence-electron chi connectivity index (χ4n) is 3.03. The number of ether oxygens (including phenoxy) is 1. The highest BCUT2D eigenvalue weighted by molar-refractivity contribution is 5.76. The highest BCUT2D eigenvalue weighted by Gasteiger charge is 2.31. The molecule has 1 unspecified atom stereocenters. The van der Waals surface area contributed by atoms with Crippen molar-refractivity contribution in [1.29, 1.82) is 0 Å². The Morgan fingerprint density at radius 2 is 1.71 bits per heavy atom. The Bertz CT molecular complexity index is 334. The zero-order valence-corrected chi connectivity index (χ0v) is 13.2. The molecule has 0 saturated carbocycles. The van der Waals surface area contributed by atoms with Gasteiger partial charge in [-0.2, -0.15) is 0 Å². The molecular weight excluding hydrogens is 272 g/mol. The molecule has 2 fully saturated rings. The van der Waals surface area contributed by atoms with E-state index in [1.54, 1.807) is 0 Å². The van der Waals surface area contributed by atoms with Crippen molar-refractivity contribution in [2.45, 2.75) is 6.04 Å². The lowest BCUT2D eigenvalue weighted by Gasteiger charge is -2.42. The van der Waals surface area contributed by atoms with Crippen molar-refractivity contribution in [2.24, 2.45) is 0 Å². The maximum atomic E-state index is 11.8. The van der Waals surface area contributed by atoms with E-state index < -0.39 is 0 Å². The van der Waals surface area contributed by atoms with Crippen LogP contribution in [0.1, 0.15) is 0 Å². The molecule has 2 aliphatic rings. The summed E-state index contributed by atoms with van der Waals surface area (Å²) in [5, 5.41) is 8.96. The molecule has 1 atom stereocenters. The van der Waals surface area contributed by atoms with Crippen molar-refractivity contribution in [2.75, 3.05) is 79.8 Å². The van der Waals surface area contributed by atoms with Gasteiger partial charge in [0, 0.05) is 52.4 Å². The van der Waals surface area contributed by atoms with Gasteiger partial charge in [-0.3, -0.25) is 24.4 Å². The van der Waals surface area contributed by atoms with Gasteiger partial charge < -0.3 is 9.84 Å². The van der Waals surface area contributed by atoms with Gasteiger partial charge in [-0.05, 0) is 7.05 Å². The van der Waals surface area contributed by atoms with Crippen LogP contribution in [0.5, 0.6) is 0 Å². The molecule has 0 aromatic heterocycles. The maximum Gasteiger partial charge on any atom is 0.324 e. The summed E-state index contributed by atoms with van der Waals surface area (Å²) in [6.07, 6.45) is 0. The lowest BCUT2D eigenvalue weighted by atomic mass is 10.2. The first-order valence-electron chi connectivity index (χ1n) is 7.70. The van der Waals surface area contributed by atoms with E-state index in [1.165, 1.54) is 7.11 Å². The van der Waals surface area contributed by atoms with Gasteiger partial charge >= 0.3 is 5.97 Å². The first-order valence-corrected chi connectivity index (χ1v) is 7.70. The number of esters is 1. The van der Waals surface area contributed by atoms with Gasteiger partial charge in [-0.25, -0.2) is 0 Å². The van der Waals surface area contributed by atoms with E-state index in [0.29, 0.717) is 0 Å². The van der Waals surface area contributed by atoms with Gasteiger partial charge in [-0.1, -0.05) is 0 Å². The summed E-state index contributed by atoms with van der Waals surface area (Å²) in [5.74, 6) is -0.144. The van der Waals surface area contributed by atoms with Crippen molar-refractivity contribution in [1.82, 2.24) is 19.6 Å². The number of methoxy groups -OCH3 is 1. The summed E-state index contributed by atoms with van der Waals surface area (Å²) in [4.78, 5) is 20.9. The molecule has 122 valence electrons. The molecule has 2 saturated heterocycles. The van der Waals surface area contributed by atoms with Crippen molar-refractivity contribution >= 4 is 5.97 Å². The summed E-state index contributed by atoms with van der Waals surface area (Å²) < 4.78 is 4.89. The normalized spacial score (nSPS) is 26.9. The number of carbonyl (C=O) groups excluding carboxylic acids is 1. The topological polar surface area (TPSA) is 59.5 Å². The Balaban J connectivity index is 1.77. The highest BCUT2D eigenvalue weighted by atomic mass is 16.5. The van der Waals surface area contributed by atoms with Gasteiger partial charge in [0.1, 0.15) is 6.04 Å². The SMILES string of the molecule is COC(=O)C1CN(CN2CCN(CCO)CC2)CCN1C. The lowest BCUT2D eigenvalue weighted by Crippen LogP contribution is -2.58. The molecule has 0 bridgehead atoms.